The Morgan fingerprint density at radius 1 is 1.54 bits per heavy atom. The number of carbonyl (C=O) groups is 1. The average Bonchev–Trinajstić information content (AvgIpc) is 2.17. The number of carbonyl (C=O) groups excluding carboxylic acids is 1. The van der Waals surface area contributed by atoms with Gasteiger partial charge in [-0.25, -0.2) is 4.79 Å². The van der Waals surface area contributed by atoms with Crippen molar-refractivity contribution in [1.29, 1.82) is 0 Å². The molecule has 76 valence electrons. The maximum absolute atomic E-state index is 10.6. The van der Waals surface area contributed by atoms with Gasteiger partial charge in [0.05, 0.1) is 6.10 Å². The molecule has 0 amide bonds. The minimum Gasteiger partial charge on any atom is -0.460 e. The Labute approximate surface area is 81.3 Å². The fraction of sp³-hybridized carbons (Fsp3) is 0.545. The highest BCUT2D eigenvalue weighted by atomic mass is 16.5. The molecule has 0 aromatic heterocycles. The van der Waals surface area contributed by atoms with Gasteiger partial charge in [0.2, 0.25) is 0 Å². The van der Waals surface area contributed by atoms with E-state index >= 15 is 0 Å². The third kappa shape index (κ3) is 10.9. The van der Waals surface area contributed by atoms with Gasteiger partial charge in [0.1, 0.15) is 0 Å². The predicted octanol–water partition coefficient (Wildman–Crippen LogP) is 3.10. The number of rotatable bonds is 5. The second-order valence-electron chi connectivity index (χ2n) is 2.59. The van der Waals surface area contributed by atoms with E-state index in [-0.39, 0.29) is 12.1 Å². The van der Waals surface area contributed by atoms with E-state index in [1.54, 1.807) is 0 Å². The van der Waals surface area contributed by atoms with E-state index in [9.17, 15) is 4.79 Å². The summed E-state index contributed by atoms with van der Waals surface area (Å²) in [7, 11) is 0. The first-order valence-corrected chi connectivity index (χ1v) is 4.53. The van der Waals surface area contributed by atoms with Crippen LogP contribution in [-0.2, 0) is 9.53 Å². The van der Waals surface area contributed by atoms with Crippen molar-refractivity contribution in [2.24, 2.45) is 0 Å². The maximum Gasteiger partial charge on any atom is 0.330 e. The maximum atomic E-state index is 10.6. The van der Waals surface area contributed by atoms with Crippen molar-refractivity contribution in [3.05, 3.63) is 25.8 Å². The quantitative estimate of drug-likeness (QED) is 0.373. The van der Waals surface area contributed by atoms with Crippen LogP contribution in [0, 0.1) is 0 Å². The number of hydrogen-bond donors (Lipinski definition) is 0. The third-order valence-electron chi connectivity index (χ3n) is 1.45. The highest BCUT2D eigenvalue weighted by molar-refractivity contribution is 5.81. The monoisotopic (exact) mass is 184 g/mol. The van der Waals surface area contributed by atoms with Crippen molar-refractivity contribution < 1.29 is 9.53 Å². The summed E-state index contributed by atoms with van der Waals surface area (Å²) in [6.45, 7) is 13.3. The van der Waals surface area contributed by atoms with Crippen LogP contribution in [0.5, 0.6) is 0 Å². The number of ether oxygens (including phenoxy) is 1. The van der Waals surface area contributed by atoms with E-state index in [2.05, 4.69) is 26.7 Å². The summed E-state index contributed by atoms with van der Waals surface area (Å²) in [6.07, 6.45) is 4.40. The van der Waals surface area contributed by atoms with Crippen molar-refractivity contribution in [3.8, 4) is 0 Å². The van der Waals surface area contributed by atoms with Crippen molar-refractivity contribution in [1.82, 2.24) is 0 Å². The van der Waals surface area contributed by atoms with E-state index in [0.29, 0.717) is 0 Å². The van der Waals surface area contributed by atoms with Crippen LogP contribution in [0.4, 0.5) is 0 Å². The molecule has 0 saturated heterocycles. The molecule has 13 heavy (non-hydrogen) atoms. The summed E-state index contributed by atoms with van der Waals surface area (Å²) >= 11 is 0. The Kier molecular flexibility index (Phi) is 12.2. The molecule has 0 aliphatic rings. The zero-order valence-corrected chi connectivity index (χ0v) is 8.71. The molecule has 0 aliphatic carbocycles. The molecular formula is C11H20O2. The lowest BCUT2D eigenvalue weighted by molar-refractivity contribution is -0.142. The fourth-order valence-corrected chi connectivity index (χ4v) is 0.797. The fourth-order valence-electron chi connectivity index (χ4n) is 0.797. The van der Waals surface area contributed by atoms with E-state index in [0.717, 1.165) is 19.3 Å². The number of hydrogen-bond acceptors (Lipinski definition) is 2. The van der Waals surface area contributed by atoms with E-state index in [1.807, 2.05) is 6.92 Å². The molecular weight excluding hydrogens is 164 g/mol. The zero-order valence-electron chi connectivity index (χ0n) is 8.71. The van der Waals surface area contributed by atoms with Gasteiger partial charge < -0.3 is 4.74 Å². The topological polar surface area (TPSA) is 26.3 Å². The van der Waals surface area contributed by atoms with Gasteiger partial charge in [-0.1, -0.05) is 26.3 Å². The van der Waals surface area contributed by atoms with Gasteiger partial charge in [0.15, 0.2) is 0 Å². The minimum atomic E-state index is -0.325. The van der Waals surface area contributed by atoms with Gasteiger partial charge in [-0.2, -0.15) is 0 Å². The summed E-state index contributed by atoms with van der Waals surface area (Å²) in [5.41, 5.74) is 0. The van der Waals surface area contributed by atoms with Gasteiger partial charge in [-0.3, -0.25) is 0 Å². The first-order valence-electron chi connectivity index (χ1n) is 4.53. The molecule has 0 aliphatic heterocycles. The van der Waals surface area contributed by atoms with Crippen LogP contribution in [0.25, 0.3) is 0 Å². The molecule has 0 heterocycles. The van der Waals surface area contributed by atoms with Crippen molar-refractivity contribution in [2.75, 3.05) is 0 Å². The van der Waals surface area contributed by atoms with Crippen LogP contribution >= 0.6 is 0 Å². The van der Waals surface area contributed by atoms with Crippen molar-refractivity contribution in [3.63, 3.8) is 0 Å². The van der Waals surface area contributed by atoms with Gasteiger partial charge >= 0.3 is 5.97 Å². The van der Waals surface area contributed by atoms with Gasteiger partial charge in [-0.05, 0) is 13.3 Å². The highest BCUT2D eigenvalue weighted by Gasteiger charge is 2.04. The Balaban J connectivity index is 0. The van der Waals surface area contributed by atoms with Gasteiger partial charge in [0, 0.05) is 6.08 Å². The summed E-state index contributed by atoms with van der Waals surface area (Å²) in [5, 5.41) is 0. The second kappa shape index (κ2) is 11.0. The SMILES string of the molecule is C=C.C=CC(=O)OC(C)CCCC. The van der Waals surface area contributed by atoms with E-state index < -0.39 is 0 Å². The Morgan fingerprint density at radius 3 is 2.46 bits per heavy atom. The molecule has 0 N–H and O–H groups in total. The normalized spacial score (nSPS) is 10.6. The predicted molar refractivity (Wildman–Crippen MR) is 56.5 cm³/mol. The van der Waals surface area contributed by atoms with Crippen LogP contribution in [0.2, 0.25) is 0 Å². The largest absolute Gasteiger partial charge is 0.460 e. The lowest BCUT2D eigenvalue weighted by atomic mass is 10.2. The molecule has 1 unspecified atom stereocenters. The molecule has 0 fully saturated rings. The summed E-state index contributed by atoms with van der Waals surface area (Å²) in [4.78, 5) is 10.6. The molecule has 0 bridgehead atoms. The number of esters is 1. The number of unbranched alkanes of at least 4 members (excludes halogenated alkanes) is 1. The Bertz CT molecular complexity index is 141. The highest BCUT2D eigenvalue weighted by Crippen LogP contribution is 2.03. The van der Waals surface area contributed by atoms with Crippen LogP contribution in [-0.4, -0.2) is 12.1 Å². The minimum absolute atomic E-state index is 0.0282. The van der Waals surface area contributed by atoms with Crippen LogP contribution in [0.1, 0.15) is 33.1 Å². The molecule has 0 radical (unpaired) electrons. The zero-order chi connectivity index (χ0) is 10.7. The van der Waals surface area contributed by atoms with Gasteiger partial charge in [0.25, 0.3) is 0 Å². The lowest BCUT2D eigenvalue weighted by Crippen LogP contribution is -2.12. The van der Waals surface area contributed by atoms with Crippen LogP contribution in [0.15, 0.2) is 25.8 Å². The van der Waals surface area contributed by atoms with E-state index in [1.165, 1.54) is 6.08 Å². The van der Waals surface area contributed by atoms with Gasteiger partial charge in [-0.15, -0.1) is 13.2 Å². The average molecular weight is 184 g/mol. The molecule has 0 aromatic rings. The summed E-state index contributed by atoms with van der Waals surface area (Å²) in [5.74, 6) is -0.325. The molecule has 1 atom stereocenters. The molecule has 0 aromatic carbocycles. The first-order chi connectivity index (χ1) is 6.20. The Hall–Kier alpha value is -1.05. The third-order valence-corrected chi connectivity index (χ3v) is 1.45. The molecule has 2 nitrogen and oxygen atoms in total. The Morgan fingerprint density at radius 2 is 2.08 bits per heavy atom. The summed E-state index contributed by atoms with van der Waals surface area (Å²) < 4.78 is 4.94. The molecule has 0 spiro atoms. The summed E-state index contributed by atoms with van der Waals surface area (Å²) in [6, 6.07) is 0. The van der Waals surface area contributed by atoms with Crippen molar-refractivity contribution >= 4 is 5.97 Å². The molecule has 0 saturated carbocycles. The molecule has 0 rings (SSSR count). The van der Waals surface area contributed by atoms with Crippen LogP contribution in [0.3, 0.4) is 0 Å². The lowest BCUT2D eigenvalue weighted by Gasteiger charge is -2.10. The smallest absolute Gasteiger partial charge is 0.330 e. The molecule has 2 heteroatoms. The van der Waals surface area contributed by atoms with Crippen molar-refractivity contribution in [2.45, 2.75) is 39.2 Å². The first kappa shape index (κ1) is 14.5. The van der Waals surface area contributed by atoms with E-state index in [4.69, 9.17) is 4.74 Å². The van der Waals surface area contributed by atoms with Crippen LogP contribution < -0.4 is 0 Å². The standard InChI is InChI=1S/C9H16O2.C2H4/c1-4-6-7-8(3)11-9(10)5-2;1-2/h5,8H,2,4,6-7H2,1,3H3;1-2H2. The second-order valence-corrected chi connectivity index (χ2v) is 2.59.